The van der Waals surface area contributed by atoms with Crippen LogP contribution in [-0.2, 0) is 9.05 Å². The van der Waals surface area contributed by atoms with E-state index in [1.807, 2.05) is 6.92 Å². The third kappa shape index (κ3) is 5.59. The van der Waals surface area contributed by atoms with Gasteiger partial charge in [0, 0.05) is 16.7 Å². The summed E-state index contributed by atoms with van der Waals surface area (Å²) in [6, 6.07) is 4.60. The van der Waals surface area contributed by atoms with Gasteiger partial charge >= 0.3 is 0 Å². The first-order chi connectivity index (χ1) is 9.49. The molecule has 0 aliphatic carbocycles. The molecule has 1 rings (SSSR count). The van der Waals surface area contributed by atoms with E-state index in [-0.39, 0.29) is 10.6 Å². The lowest BCUT2D eigenvalue weighted by Crippen LogP contribution is -2.03. The van der Waals surface area contributed by atoms with E-state index in [9.17, 15) is 8.42 Å². The predicted molar refractivity (Wildman–Crippen MR) is 80.3 cm³/mol. The lowest BCUT2D eigenvalue weighted by atomic mass is 10.3. The molecule has 114 valence electrons. The van der Waals surface area contributed by atoms with Crippen molar-refractivity contribution in [2.45, 2.75) is 44.4 Å². The van der Waals surface area contributed by atoms with Crippen molar-refractivity contribution in [1.82, 2.24) is 0 Å². The fraction of sp³-hybridized carbons (Fsp3) is 0.571. The van der Waals surface area contributed by atoms with Gasteiger partial charge in [0.05, 0.1) is 13.2 Å². The molecule has 1 aromatic rings. The Labute approximate surface area is 125 Å². The van der Waals surface area contributed by atoms with Crippen molar-refractivity contribution in [3.05, 3.63) is 18.2 Å². The molecule has 0 unspecified atom stereocenters. The number of rotatable bonds is 9. The van der Waals surface area contributed by atoms with Crippen LogP contribution in [0.4, 0.5) is 0 Å². The van der Waals surface area contributed by atoms with E-state index >= 15 is 0 Å². The summed E-state index contributed by atoms with van der Waals surface area (Å²) >= 11 is 0. The summed E-state index contributed by atoms with van der Waals surface area (Å²) in [5, 5.41) is 0. The van der Waals surface area contributed by atoms with Gasteiger partial charge in [-0.3, -0.25) is 0 Å². The maximum Gasteiger partial charge on any atom is 0.264 e. The van der Waals surface area contributed by atoms with Gasteiger partial charge in [-0.15, -0.1) is 0 Å². The molecule has 0 aliphatic rings. The smallest absolute Gasteiger partial charge is 0.264 e. The molecular weight excluding hydrogens is 300 g/mol. The van der Waals surface area contributed by atoms with Crippen LogP contribution in [0.15, 0.2) is 23.1 Å². The van der Waals surface area contributed by atoms with E-state index in [4.69, 9.17) is 20.2 Å². The molecule has 20 heavy (non-hydrogen) atoms. The summed E-state index contributed by atoms with van der Waals surface area (Å²) in [6.45, 7) is 5.16. The molecule has 0 aromatic heterocycles. The molecule has 0 saturated carbocycles. The third-order valence-corrected chi connectivity index (χ3v) is 4.06. The number of unbranched alkanes of at least 4 members (excludes halogenated alkanes) is 2. The Morgan fingerprint density at radius 2 is 1.65 bits per heavy atom. The lowest BCUT2D eigenvalue weighted by Gasteiger charge is -2.12. The Kier molecular flexibility index (Phi) is 7.16. The number of benzene rings is 1. The predicted octanol–water partition coefficient (Wildman–Crippen LogP) is 3.97. The Morgan fingerprint density at radius 1 is 1.05 bits per heavy atom. The molecule has 0 bridgehead atoms. The summed E-state index contributed by atoms with van der Waals surface area (Å²) in [5.41, 5.74) is 0. The van der Waals surface area contributed by atoms with E-state index < -0.39 is 9.05 Å². The van der Waals surface area contributed by atoms with Crippen molar-refractivity contribution in [2.24, 2.45) is 0 Å². The second-order valence-electron chi connectivity index (χ2n) is 4.45. The normalized spacial score (nSPS) is 11.3. The molecule has 0 aliphatic heterocycles. The van der Waals surface area contributed by atoms with E-state index in [0.29, 0.717) is 19.0 Å². The summed E-state index contributed by atoms with van der Waals surface area (Å²) in [7, 11) is 1.59. The van der Waals surface area contributed by atoms with Gasteiger partial charge in [-0.2, -0.15) is 0 Å². The largest absolute Gasteiger partial charge is 0.493 e. The van der Waals surface area contributed by atoms with Gasteiger partial charge in [-0.05, 0) is 25.0 Å². The van der Waals surface area contributed by atoms with Crippen molar-refractivity contribution >= 4 is 19.7 Å². The van der Waals surface area contributed by atoms with E-state index in [1.165, 1.54) is 6.07 Å². The molecule has 0 heterocycles. The van der Waals surface area contributed by atoms with Crippen molar-refractivity contribution < 1.29 is 17.9 Å². The Morgan fingerprint density at radius 3 is 2.20 bits per heavy atom. The number of hydrogen-bond donors (Lipinski definition) is 0. The Bertz CT molecular complexity index is 514. The average Bonchev–Trinajstić information content (AvgIpc) is 2.38. The molecule has 0 amide bonds. The van der Waals surface area contributed by atoms with Crippen LogP contribution >= 0.6 is 10.7 Å². The van der Waals surface area contributed by atoms with E-state index in [2.05, 4.69) is 6.92 Å². The summed E-state index contributed by atoms with van der Waals surface area (Å²) in [6.07, 6.45) is 3.80. The van der Waals surface area contributed by atoms with Gasteiger partial charge in [-0.1, -0.05) is 26.7 Å². The van der Waals surface area contributed by atoms with Gasteiger partial charge in [0.1, 0.15) is 16.4 Å². The van der Waals surface area contributed by atoms with Gasteiger partial charge in [0.2, 0.25) is 0 Å². The second kappa shape index (κ2) is 8.37. The Hall–Kier alpha value is -0.940. The first-order valence-electron chi connectivity index (χ1n) is 6.83. The molecule has 0 radical (unpaired) electrons. The number of hydrogen-bond acceptors (Lipinski definition) is 4. The van der Waals surface area contributed by atoms with Gasteiger partial charge in [0.25, 0.3) is 9.05 Å². The molecule has 6 heteroatoms. The first-order valence-corrected chi connectivity index (χ1v) is 9.14. The van der Waals surface area contributed by atoms with Crippen molar-refractivity contribution in [2.75, 3.05) is 13.2 Å². The monoisotopic (exact) mass is 320 g/mol. The molecule has 0 atom stereocenters. The highest BCUT2D eigenvalue weighted by molar-refractivity contribution is 8.13. The van der Waals surface area contributed by atoms with Gasteiger partial charge < -0.3 is 9.47 Å². The van der Waals surface area contributed by atoms with Crippen LogP contribution in [-0.4, -0.2) is 21.6 Å². The van der Waals surface area contributed by atoms with E-state index in [0.717, 1.165) is 25.7 Å². The second-order valence-corrected chi connectivity index (χ2v) is 6.98. The zero-order chi connectivity index (χ0) is 15.0. The molecule has 0 spiro atoms. The van der Waals surface area contributed by atoms with Crippen molar-refractivity contribution in [3.8, 4) is 11.5 Å². The maximum absolute atomic E-state index is 11.5. The zero-order valence-corrected chi connectivity index (χ0v) is 13.5. The summed E-state index contributed by atoms with van der Waals surface area (Å²) in [5.74, 6) is 0.844. The molecule has 0 saturated heterocycles. The number of ether oxygens (including phenoxy) is 2. The molecule has 0 fully saturated rings. The van der Waals surface area contributed by atoms with Crippen LogP contribution in [0.5, 0.6) is 11.5 Å². The van der Waals surface area contributed by atoms with Crippen LogP contribution in [0, 0.1) is 0 Å². The van der Waals surface area contributed by atoms with Crippen LogP contribution in [0.1, 0.15) is 39.5 Å². The fourth-order valence-corrected chi connectivity index (χ4v) is 2.52. The topological polar surface area (TPSA) is 52.6 Å². The molecule has 4 nitrogen and oxygen atoms in total. The highest BCUT2D eigenvalue weighted by atomic mass is 35.7. The van der Waals surface area contributed by atoms with Gasteiger partial charge in [0.15, 0.2) is 0 Å². The minimum atomic E-state index is -3.82. The molecule has 0 N–H and O–H groups in total. The maximum atomic E-state index is 11.5. The Balaban J connectivity index is 2.90. The highest BCUT2D eigenvalue weighted by Gasteiger charge is 2.17. The standard InChI is InChI=1S/C14H21ClO4S/c1-3-5-9-18-12-7-8-14(20(15,16)17)13(11-12)19-10-6-4-2/h7-8,11H,3-6,9-10H2,1-2H3. The van der Waals surface area contributed by atoms with Crippen LogP contribution in [0.2, 0.25) is 0 Å². The fourth-order valence-electron chi connectivity index (χ4n) is 1.55. The summed E-state index contributed by atoms with van der Waals surface area (Å²) < 4.78 is 34.1. The van der Waals surface area contributed by atoms with Gasteiger partial charge in [-0.25, -0.2) is 8.42 Å². The summed E-state index contributed by atoms with van der Waals surface area (Å²) in [4.78, 5) is -0.0156. The lowest BCUT2D eigenvalue weighted by molar-refractivity contribution is 0.289. The third-order valence-electron chi connectivity index (χ3n) is 2.70. The SMILES string of the molecule is CCCCOc1ccc(S(=O)(=O)Cl)c(OCCCC)c1. The van der Waals surface area contributed by atoms with Crippen molar-refractivity contribution in [1.29, 1.82) is 0 Å². The quantitative estimate of drug-likeness (QED) is 0.510. The molecule has 1 aromatic carbocycles. The average molecular weight is 321 g/mol. The zero-order valence-electron chi connectivity index (χ0n) is 11.9. The highest BCUT2D eigenvalue weighted by Crippen LogP contribution is 2.31. The first kappa shape index (κ1) is 17.1. The minimum absolute atomic E-state index is 0.0156. The van der Waals surface area contributed by atoms with Crippen molar-refractivity contribution in [3.63, 3.8) is 0 Å². The number of halogens is 1. The van der Waals surface area contributed by atoms with Crippen LogP contribution < -0.4 is 9.47 Å². The van der Waals surface area contributed by atoms with Crippen LogP contribution in [0.3, 0.4) is 0 Å². The molecular formula is C14H21ClO4S. The van der Waals surface area contributed by atoms with E-state index in [1.54, 1.807) is 12.1 Å². The van der Waals surface area contributed by atoms with Crippen LogP contribution in [0.25, 0.3) is 0 Å². The minimum Gasteiger partial charge on any atom is -0.493 e.